The Bertz CT molecular complexity index is 1450. The summed E-state index contributed by atoms with van der Waals surface area (Å²) in [5.41, 5.74) is 3.72. The minimum absolute atomic E-state index is 0.233. The molecule has 2 heterocycles. The molecule has 6 nitrogen and oxygen atoms in total. The minimum atomic E-state index is -0.674. The number of H-pyrrole nitrogens is 1. The number of para-hydroxylation sites is 1. The summed E-state index contributed by atoms with van der Waals surface area (Å²) in [5, 5.41) is 4.92. The number of hydrogen-bond donors (Lipinski definition) is 2. The average molecular weight is 522 g/mol. The van der Waals surface area contributed by atoms with Gasteiger partial charge in [0, 0.05) is 29.7 Å². The molecule has 1 aromatic heterocycles. The van der Waals surface area contributed by atoms with Gasteiger partial charge >= 0.3 is 5.97 Å². The van der Waals surface area contributed by atoms with E-state index in [1.807, 2.05) is 43.3 Å². The molecule has 1 unspecified atom stereocenters. The van der Waals surface area contributed by atoms with Gasteiger partial charge in [0.2, 0.25) is 0 Å². The summed E-state index contributed by atoms with van der Waals surface area (Å²) in [4.78, 5) is 31.2. The number of nitrogens with zero attached hydrogens (tertiary/aromatic N) is 1. The third-order valence-electron chi connectivity index (χ3n) is 6.93. The number of fused-ring (bicyclic) bond motifs is 1. The van der Waals surface area contributed by atoms with Crippen molar-refractivity contribution < 1.29 is 14.3 Å². The average Bonchev–Trinajstić information content (AvgIpc) is 3.49. The van der Waals surface area contributed by atoms with Crippen LogP contribution in [-0.2, 0) is 10.3 Å². The van der Waals surface area contributed by atoms with Crippen LogP contribution < -0.4 is 10.2 Å². The van der Waals surface area contributed by atoms with Crippen LogP contribution in [0.5, 0.6) is 0 Å². The van der Waals surface area contributed by atoms with Crippen LogP contribution >= 0.6 is 23.2 Å². The lowest BCUT2D eigenvalue weighted by Crippen LogP contribution is -2.48. The van der Waals surface area contributed by atoms with Gasteiger partial charge in [-0.05, 0) is 60.9 Å². The number of anilines is 1. The fourth-order valence-electron chi connectivity index (χ4n) is 5.00. The van der Waals surface area contributed by atoms with Gasteiger partial charge in [0.25, 0.3) is 5.91 Å². The molecule has 0 spiro atoms. The Kier molecular flexibility index (Phi) is 6.41. The predicted octanol–water partition coefficient (Wildman–Crippen LogP) is 6.11. The van der Waals surface area contributed by atoms with Crippen LogP contribution in [0, 0.1) is 6.92 Å². The number of hydrogen-bond acceptors (Lipinski definition) is 4. The fraction of sp³-hybridized carbons (Fsp3) is 0.214. The summed E-state index contributed by atoms with van der Waals surface area (Å²) < 4.78 is 4.84. The molecule has 3 aromatic carbocycles. The first-order valence-corrected chi connectivity index (χ1v) is 12.4. The van der Waals surface area contributed by atoms with Crippen molar-refractivity contribution >= 4 is 51.7 Å². The van der Waals surface area contributed by atoms with Crippen LogP contribution in [0.25, 0.3) is 10.9 Å². The molecule has 1 fully saturated rings. The highest BCUT2D eigenvalue weighted by Gasteiger charge is 2.42. The van der Waals surface area contributed by atoms with E-state index in [9.17, 15) is 9.59 Å². The fourth-order valence-corrected chi connectivity index (χ4v) is 5.47. The molecule has 36 heavy (non-hydrogen) atoms. The number of benzene rings is 3. The normalized spacial score (nSPS) is 17.4. The van der Waals surface area contributed by atoms with Gasteiger partial charge in [-0.2, -0.15) is 0 Å². The van der Waals surface area contributed by atoms with Crippen LogP contribution in [0.2, 0.25) is 10.0 Å². The molecule has 184 valence electrons. The first kappa shape index (κ1) is 24.2. The summed E-state index contributed by atoms with van der Waals surface area (Å²) in [7, 11) is 1.36. The highest BCUT2D eigenvalue weighted by molar-refractivity contribution is 6.45. The van der Waals surface area contributed by atoms with Crippen molar-refractivity contribution in [3.8, 4) is 0 Å². The highest BCUT2D eigenvalue weighted by Crippen LogP contribution is 2.37. The summed E-state index contributed by atoms with van der Waals surface area (Å²) in [6.45, 7) is 3.20. The second-order valence-electron chi connectivity index (χ2n) is 9.02. The molecule has 1 aliphatic heterocycles. The predicted molar refractivity (Wildman–Crippen MR) is 143 cm³/mol. The molecule has 1 atom stereocenters. The monoisotopic (exact) mass is 521 g/mol. The van der Waals surface area contributed by atoms with Crippen molar-refractivity contribution in [2.75, 3.05) is 25.1 Å². The van der Waals surface area contributed by atoms with Crippen LogP contribution in [-0.4, -0.2) is 37.1 Å². The smallest absolute Gasteiger partial charge is 0.337 e. The highest BCUT2D eigenvalue weighted by atomic mass is 35.5. The standard InChI is InChI=1S/C28H25Cl2N3O3/c1-17-23-22(13-12-21(29)24(23)30)31-25(17)26(34)32-28(19-10-8-18(9-11-19)27(35)36-2)14-15-33(16-28)20-6-4-3-5-7-20/h3-13,31H,14-16H2,1-2H3,(H,32,34). The van der Waals surface area contributed by atoms with Crippen LogP contribution in [0.3, 0.4) is 0 Å². The zero-order valence-corrected chi connectivity index (χ0v) is 21.4. The lowest BCUT2D eigenvalue weighted by atomic mass is 9.88. The SMILES string of the molecule is COC(=O)c1ccc(C2(NC(=O)c3[nH]c4ccc(Cl)c(Cl)c4c3C)CCN(c3ccccc3)C2)cc1. The number of nitrogens with one attached hydrogen (secondary N) is 2. The molecule has 8 heteroatoms. The lowest BCUT2D eigenvalue weighted by Gasteiger charge is -2.32. The van der Waals surface area contributed by atoms with Crippen LogP contribution in [0.15, 0.2) is 66.7 Å². The van der Waals surface area contributed by atoms with E-state index in [1.165, 1.54) is 7.11 Å². The summed E-state index contributed by atoms with van der Waals surface area (Å²) in [6, 6.07) is 20.9. The molecule has 1 aliphatic rings. The minimum Gasteiger partial charge on any atom is -0.465 e. The molecule has 0 bridgehead atoms. The van der Waals surface area contributed by atoms with E-state index >= 15 is 0 Å². The second-order valence-corrected chi connectivity index (χ2v) is 9.81. The summed E-state index contributed by atoms with van der Waals surface area (Å²) >= 11 is 12.7. The molecule has 5 rings (SSSR count). The Labute approximate surface area is 219 Å². The molecular formula is C28H25Cl2N3O3. The number of amides is 1. The number of carbonyl (C=O) groups excluding carboxylic acids is 2. The van der Waals surface area contributed by atoms with E-state index in [-0.39, 0.29) is 5.91 Å². The maximum absolute atomic E-state index is 13.7. The third-order valence-corrected chi connectivity index (χ3v) is 7.74. The number of ether oxygens (including phenoxy) is 1. The number of halogens is 2. The number of aryl methyl sites for hydroxylation is 1. The molecule has 4 aromatic rings. The summed E-state index contributed by atoms with van der Waals surface area (Å²) in [5.74, 6) is -0.635. The van der Waals surface area contributed by atoms with Gasteiger partial charge < -0.3 is 19.9 Å². The van der Waals surface area contributed by atoms with Gasteiger partial charge in [-0.3, -0.25) is 4.79 Å². The van der Waals surface area contributed by atoms with Crippen molar-refractivity contribution in [1.29, 1.82) is 0 Å². The first-order valence-electron chi connectivity index (χ1n) is 11.6. The van der Waals surface area contributed by atoms with Crippen molar-refractivity contribution in [2.24, 2.45) is 0 Å². The molecule has 0 saturated carbocycles. The summed E-state index contributed by atoms with van der Waals surface area (Å²) in [6.07, 6.45) is 0.692. The van der Waals surface area contributed by atoms with E-state index in [2.05, 4.69) is 27.3 Å². The van der Waals surface area contributed by atoms with Crippen LogP contribution in [0.4, 0.5) is 5.69 Å². The van der Waals surface area contributed by atoms with Gasteiger partial charge in [-0.1, -0.05) is 53.5 Å². The maximum Gasteiger partial charge on any atom is 0.337 e. The van der Waals surface area contributed by atoms with E-state index in [4.69, 9.17) is 27.9 Å². The first-order chi connectivity index (χ1) is 17.3. The number of rotatable bonds is 5. The van der Waals surface area contributed by atoms with E-state index in [0.29, 0.717) is 34.3 Å². The van der Waals surface area contributed by atoms with Gasteiger partial charge in [-0.15, -0.1) is 0 Å². The second kappa shape index (κ2) is 9.52. The molecule has 1 saturated heterocycles. The van der Waals surface area contributed by atoms with Crippen molar-refractivity contribution in [2.45, 2.75) is 18.9 Å². The van der Waals surface area contributed by atoms with Crippen molar-refractivity contribution in [3.63, 3.8) is 0 Å². The third kappa shape index (κ3) is 4.21. The van der Waals surface area contributed by atoms with Gasteiger partial charge in [0.1, 0.15) is 5.69 Å². The molecule has 2 N–H and O–H groups in total. The number of carbonyl (C=O) groups is 2. The van der Waals surface area contributed by atoms with Gasteiger partial charge in [0.15, 0.2) is 0 Å². The number of methoxy groups -OCH3 is 1. The molecule has 0 radical (unpaired) electrons. The van der Waals surface area contributed by atoms with Crippen molar-refractivity contribution in [3.05, 3.63) is 99.2 Å². The Morgan fingerprint density at radius 2 is 1.75 bits per heavy atom. The number of aromatic amines is 1. The van der Waals surface area contributed by atoms with Gasteiger partial charge in [0.05, 0.1) is 28.3 Å². The molecule has 0 aliphatic carbocycles. The maximum atomic E-state index is 13.7. The van der Waals surface area contributed by atoms with Crippen LogP contribution in [0.1, 0.15) is 38.4 Å². The quantitative estimate of drug-likeness (QED) is 0.311. The Morgan fingerprint density at radius 1 is 1.03 bits per heavy atom. The largest absolute Gasteiger partial charge is 0.465 e. The Balaban J connectivity index is 1.53. The topological polar surface area (TPSA) is 74.4 Å². The van der Waals surface area contributed by atoms with E-state index < -0.39 is 11.5 Å². The Morgan fingerprint density at radius 3 is 2.44 bits per heavy atom. The van der Waals surface area contributed by atoms with E-state index in [1.54, 1.807) is 18.2 Å². The lowest BCUT2D eigenvalue weighted by molar-refractivity contribution is 0.0600. The Hall–Kier alpha value is -3.48. The molecule has 1 amide bonds. The molecular weight excluding hydrogens is 497 g/mol. The number of esters is 1. The van der Waals surface area contributed by atoms with Crippen molar-refractivity contribution in [1.82, 2.24) is 10.3 Å². The van der Waals surface area contributed by atoms with Gasteiger partial charge in [-0.25, -0.2) is 4.79 Å². The number of aromatic nitrogens is 1. The van der Waals surface area contributed by atoms with E-state index in [0.717, 1.165) is 34.3 Å². The zero-order chi connectivity index (χ0) is 25.4. The zero-order valence-electron chi connectivity index (χ0n) is 19.9.